The van der Waals surface area contributed by atoms with E-state index in [1.165, 1.54) is 28.8 Å². The number of halogens is 1. The highest BCUT2D eigenvalue weighted by Crippen LogP contribution is 2.21. The van der Waals surface area contributed by atoms with E-state index in [0.717, 1.165) is 12.0 Å². The number of oxazole rings is 1. The van der Waals surface area contributed by atoms with Gasteiger partial charge in [-0.3, -0.25) is 4.79 Å². The normalized spacial score (nSPS) is 10.8. The highest BCUT2D eigenvalue weighted by molar-refractivity contribution is 5.76. The number of amides is 1. The van der Waals surface area contributed by atoms with E-state index in [9.17, 15) is 9.18 Å². The fourth-order valence-electron chi connectivity index (χ4n) is 2.95. The lowest BCUT2D eigenvalue weighted by Gasteiger charge is -2.08. The molecule has 2 aromatic carbocycles. The summed E-state index contributed by atoms with van der Waals surface area (Å²) in [5.41, 5.74) is 4.49. The zero-order chi connectivity index (χ0) is 19.2. The van der Waals surface area contributed by atoms with Crippen molar-refractivity contribution in [3.05, 3.63) is 77.1 Å². The van der Waals surface area contributed by atoms with E-state index in [4.69, 9.17) is 4.42 Å². The van der Waals surface area contributed by atoms with Crippen LogP contribution in [0.15, 0.2) is 53.1 Å². The average molecular weight is 366 g/mol. The third-order valence-corrected chi connectivity index (χ3v) is 4.46. The van der Waals surface area contributed by atoms with Gasteiger partial charge >= 0.3 is 0 Å². The van der Waals surface area contributed by atoms with Crippen LogP contribution in [0.25, 0.3) is 11.3 Å². The average Bonchev–Trinajstić information content (AvgIpc) is 3.11. The molecule has 0 saturated heterocycles. The van der Waals surface area contributed by atoms with Crippen molar-refractivity contribution in [2.75, 3.05) is 6.54 Å². The van der Waals surface area contributed by atoms with Gasteiger partial charge in [-0.15, -0.1) is 0 Å². The summed E-state index contributed by atoms with van der Waals surface area (Å²) in [6.45, 7) is 4.77. The molecule has 0 aliphatic heterocycles. The standard InChI is InChI=1S/C22H23FN2O2/c1-15-3-4-17(16(2)13-15)11-12-24-21(26)9-10-22-25-14-20(27-22)18-5-7-19(23)8-6-18/h3-8,13-14H,9-12H2,1-2H3,(H,24,26). The van der Waals surface area contributed by atoms with E-state index >= 15 is 0 Å². The smallest absolute Gasteiger partial charge is 0.220 e. The topological polar surface area (TPSA) is 55.1 Å². The maximum absolute atomic E-state index is 13.0. The maximum Gasteiger partial charge on any atom is 0.220 e. The molecule has 4 nitrogen and oxygen atoms in total. The van der Waals surface area contributed by atoms with Crippen LogP contribution in [0.2, 0.25) is 0 Å². The van der Waals surface area contributed by atoms with Gasteiger partial charge in [0.1, 0.15) is 5.82 Å². The van der Waals surface area contributed by atoms with E-state index in [0.29, 0.717) is 31.0 Å². The van der Waals surface area contributed by atoms with Crippen LogP contribution < -0.4 is 5.32 Å². The van der Waals surface area contributed by atoms with Crippen molar-refractivity contribution in [3.63, 3.8) is 0 Å². The molecular formula is C22H23FN2O2. The van der Waals surface area contributed by atoms with Crippen LogP contribution in [0.3, 0.4) is 0 Å². The number of rotatable bonds is 7. The summed E-state index contributed by atoms with van der Waals surface area (Å²) in [5.74, 6) is 0.747. The number of carbonyl (C=O) groups excluding carboxylic acids is 1. The molecule has 140 valence electrons. The first kappa shape index (κ1) is 18.8. The summed E-state index contributed by atoms with van der Waals surface area (Å²) < 4.78 is 18.6. The Morgan fingerprint density at radius 3 is 2.63 bits per heavy atom. The van der Waals surface area contributed by atoms with Crippen LogP contribution in [0.1, 0.15) is 29.0 Å². The molecule has 0 spiro atoms. The molecule has 1 aromatic heterocycles. The molecule has 3 aromatic rings. The Morgan fingerprint density at radius 1 is 1.11 bits per heavy atom. The van der Waals surface area contributed by atoms with Gasteiger partial charge in [-0.05, 0) is 55.7 Å². The van der Waals surface area contributed by atoms with Gasteiger partial charge in [0.15, 0.2) is 11.7 Å². The molecule has 0 fully saturated rings. The highest BCUT2D eigenvalue weighted by Gasteiger charge is 2.09. The van der Waals surface area contributed by atoms with Crippen LogP contribution in [-0.4, -0.2) is 17.4 Å². The summed E-state index contributed by atoms with van der Waals surface area (Å²) in [5, 5.41) is 2.94. The van der Waals surface area contributed by atoms with E-state index < -0.39 is 0 Å². The number of carbonyl (C=O) groups is 1. The predicted molar refractivity (Wildman–Crippen MR) is 103 cm³/mol. The van der Waals surface area contributed by atoms with Crippen LogP contribution >= 0.6 is 0 Å². The van der Waals surface area contributed by atoms with Gasteiger partial charge in [0.05, 0.1) is 6.20 Å². The van der Waals surface area contributed by atoms with E-state index in [2.05, 4.69) is 42.3 Å². The molecule has 0 bridgehead atoms. The van der Waals surface area contributed by atoms with Crippen molar-refractivity contribution in [2.45, 2.75) is 33.1 Å². The molecule has 5 heteroatoms. The first-order valence-corrected chi connectivity index (χ1v) is 9.05. The number of hydrogen-bond donors (Lipinski definition) is 1. The summed E-state index contributed by atoms with van der Waals surface area (Å²) >= 11 is 0. The van der Waals surface area contributed by atoms with E-state index in [1.54, 1.807) is 18.3 Å². The van der Waals surface area contributed by atoms with Gasteiger partial charge in [0, 0.05) is 24.9 Å². The largest absolute Gasteiger partial charge is 0.441 e. The van der Waals surface area contributed by atoms with Gasteiger partial charge in [-0.2, -0.15) is 0 Å². The molecule has 0 aliphatic carbocycles. The first-order chi connectivity index (χ1) is 13.0. The van der Waals surface area contributed by atoms with Crippen LogP contribution in [0, 0.1) is 19.7 Å². The number of benzene rings is 2. The number of aryl methyl sites for hydroxylation is 3. The molecule has 1 amide bonds. The SMILES string of the molecule is Cc1ccc(CCNC(=O)CCc2ncc(-c3ccc(F)cc3)o2)c(C)c1. The Hall–Kier alpha value is -2.95. The van der Waals surface area contributed by atoms with Crippen LogP contribution in [-0.2, 0) is 17.6 Å². The number of aromatic nitrogens is 1. The fraction of sp³-hybridized carbons (Fsp3) is 0.273. The molecular weight excluding hydrogens is 343 g/mol. The predicted octanol–water partition coefficient (Wildman–Crippen LogP) is 4.39. The summed E-state index contributed by atoms with van der Waals surface area (Å²) in [4.78, 5) is 16.2. The zero-order valence-electron chi connectivity index (χ0n) is 15.6. The van der Waals surface area contributed by atoms with E-state index in [-0.39, 0.29) is 11.7 Å². The third-order valence-electron chi connectivity index (χ3n) is 4.46. The minimum Gasteiger partial charge on any atom is -0.441 e. The van der Waals surface area contributed by atoms with Crippen molar-refractivity contribution >= 4 is 5.91 Å². The van der Waals surface area contributed by atoms with Crippen molar-refractivity contribution < 1.29 is 13.6 Å². The van der Waals surface area contributed by atoms with Crippen molar-refractivity contribution in [1.82, 2.24) is 10.3 Å². The van der Waals surface area contributed by atoms with Gasteiger partial charge in [0.25, 0.3) is 0 Å². The molecule has 0 aliphatic rings. The maximum atomic E-state index is 13.0. The lowest BCUT2D eigenvalue weighted by atomic mass is 10.0. The van der Waals surface area contributed by atoms with Crippen molar-refractivity contribution in [1.29, 1.82) is 0 Å². The summed E-state index contributed by atoms with van der Waals surface area (Å²) in [6.07, 6.45) is 3.15. The van der Waals surface area contributed by atoms with Gasteiger partial charge in [-0.25, -0.2) is 9.37 Å². The quantitative estimate of drug-likeness (QED) is 0.675. The molecule has 27 heavy (non-hydrogen) atoms. The van der Waals surface area contributed by atoms with E-state index in [1.807, 2.05) is 0 Å². The molecule has 0 unspecified atom stereocenters. The molecule has 1 N–H and O–H groups in total. The third kappa shape index (κ3) is 5.26. The van der Waals surface area contributed by atoms with Gasteiger partial charge in [-0.1, -0.05) is 23.8 Å². The second-order valence-corrected chi connectivity index (χ2v) is 6.66. The fourth-order valence-corrected chi connectivity index (χ4v) is 2.95. The summed E-state index contributed by atoms with van der Waals surface area (Å²) in [7, 11) is 0. The Kier molecular flexibility index (Phi) is 6.01. The molecule has 3 rings (SSSR count). The molecule has 0 radical (unpaired) electrons. The Balaban J connectivity index is 1.44. The first-order valence-electron chi connectivity index (χ1n) is 9.05. The highest BCUT2D eigenvalue weighted by atomic mass is 19.1. The number of nitrogens with one attached hydrogen (secondary N) is 1. The number of nitrogens with zero attached hydrogens (tertiary/aromatic N) is 1. The zero-order valence-corrected chi connectivity index (χ0v) is 15.6. The second kappa shape index (κ2) is 8.62. The minimum atomic E-state index is -0.295. The van der Waals surface area contributed by atoms with Crippen LogP contribution in [0.4, 0.5) is 4.39 Å². The molecule has 0 saturated carbocycles. The Labute approximate surface area is 158 Å². The Bertz CT molecular complexity index is 916. The lowest BCUT2D eigenvalue weighted by molar-refractivity contribution is -0.121. The minimum absolute atomic E-state index is 0.0266. The molecule has 1 heterocycles. The lowest BCUT2D eigenvalue weighted by Crippen LogP contribution is -2.26. The van der Waals surface area contributed by atoms with Gasteiger partial charge in [0.2, 0.25) is 5.91 Å². The molecule has 0 atom stereocenters. The number of hydrogen-bond acceptors (Lipinski definition) is 3. The second-order valence-electron chi connectivity index (χ2n) is 6.66. The van der Waals surface area contributed by atoms with Crippen LogP contribution in [0.5, 0.6) is 0 Å². The van der Waals surface area contributed by atoms with Gasteiger partial charge < -0.3 is 9.73 Å². The van der Waals surface area contributed by atoms with Crippen molar-refractivity contribution in [3.8, 4) is 11.3 Å². The monoisotopic (exact) mass is 366 g/mol. The summed E-state index contributed by atoms with van der Waals surface area (Å²) in [6, 6.07) is 12.4. The van der Waals surface area contributed by atoms with Crippen molar-refractivity contribution in [2.24, 2.45) is 0 Å². The Morgan fingerprint density at radius 2 is 1.89 bits per heavy atom.